The number of ether oxygens (including phenoxy) is 1. The molecule has 0 unspecified atom stereocenters. The molecule has 0 aliphatic carbocycles. The summed E-state index contributed by atoms with van der Waals surface area (Å²) in [5, 5.41) is 0. The molecule has 1 aliphatic heterocycles. The fourth-order valence-electron chi connectivity index (χ4n) is 3.73. The average Bonchev–Trinajstić information content (AvgIpc) is 3.18. The number of hydrogen-bond acceptors (Lipinski definition) is 5. The van der Waals surface area contributed by atoms with Gasteiger partial charge < -0.3 is 9.72 Å². The Balaban J connectivity index is 1.43. The van der Waals surface area contributed by atoms with E-state index < -0.39 is 0 Å². The minimum Gasteiger partial charge on any atom is -0.491 e. The van der Waals surface area contributed by atoms with Crippen LogP contribution in [-0.2, 0) is 6.54 Å². The smallest absolute Gasteiger partial charge is 0.251 e. The van der Waals surface area contributed by atoms with Crippen LogP contribution in [-0.4, -0.2) is 39.0 Å². The summed E-state index contributed by atoms with van der Waals surface area (Å²) in [5.74, 6) is 1.69. The number of aromatic amines is 1. The highest BCUT2D eigenvalue weighted by Gasteiger charge is 2.25. The third-order valence-corrected chi connectivity index (χ3v) is 5.06. The standard InChI is InChI=1S/C23H26N4O2/c1-16(2)29-19-8-6-17(7-9-19)14-27-12-10-18(15-27)21-13-22(28)26-23(25-21)20-5-3-4-11-24-20/h3-9,11,13,16,18H,10,12,14-15H2,1-2H3,(H,25,26,28)/t18-/m1/s1. The van der Waals surface area contributed by atoms with E-state index in [9.17, 15) is 4.79 Å². The predicted molar refractivity (Wildman–Crippen MR) is 113 cm³/mol. The van der Waals surface area contributed by atoms with Crippen LogP contribution in [0.5, 0.6) is 5.75 Å². The molecule has 0 bridgehead atoms. The van der Waals surface area contributed by atoms with Crippen molar-refractivity contribution in [3.05, 3.63) is 76.3 Å². The van der Waals surface area contributed by atoms with Gasteiger partial charge in [0.15, 0.2) is 5.82 Å². The molecule has 3 aromatic rings. The van der Waals surface area contributed by atoms with Gasteiger partial charge in [-0.05, 0) is 56.6 Å². The highest BCUT2D eigenvalue weighted by molar-refractivity contribution is 5.48. The molecule has 6 nitrogen and oxygen atoms in total. The fraction of sp³-hybridized carbons (Fsp3) is 0.348. The van der Waals surface area contributed by atoms with Gasteiger partial charge in [0, 0.05) is 31.3 Å². The highest BCUT2D eigenvalue weighted by atomic mass is 16.5. The number of H-pyrrole nitrogens is 1. The molecule has 1 atom stereocenters. The first kappa shape index (κ1) is 19.3. The molecule has 2 aromatic heterocycles. The molecule has 0 spiro atoms. The van der Waals surface area contributed by atoms with Crippen LogP contribution in [0.3, 0.4) is 0 Å². The van der Waals surface area contributed by atoms with E-state index in [0.29, 0.717) is 11.5 Å². The molecule has 0 radical (unpaired) electrons. The molecule has 0 saturated carbocycles. The molecule has 1 aromatic carbocycles. The van der Waals surface area contributed by atoms with Crippen molar-refractivity contribution in [3.63, 3.8) is 0 Å². The van der Waals surface area contributed by atoms with Gasteiger partial charge in [-0.25, -0.2) is 4.98 Å². The van der Waals surface area contributed by atoms with Gasteiger partial charge in [0.1, 0.15) is 11.4 Å². The minimum atomic E-state index is -0.130. The van der Waals surface area contributed by atoms with E-state index in [-0.39, 0.29) is 17.6 Å². The van der Waals surface area contributed by atoms with Gasteiger partial charge in [0.05, 0.1) is 11.8 Å². The van der Waals surface area contributed by atoms with Crippen LogP contribution < -0.4 is 10.3 Å². The maximum absolute atomic E-state index is 12.2. The number of rotatable bonds is 6. The van der Waals surface area contributed by atoms with Crippen LogP contribution >= 0.6 is 0 Å². The third-order valence-electron chi connectivity index (χ3n) is 5.06. The fourth-order valence-corrected chi connectivity index (χ4v) is 3.73. The second-order valence-electron chi connectivity index (χ2n) is 7.77. The third kappa shape index (κ3) is 4.90. The van der Waals surface area contributed by atoms with E-state index in [1.54, 1.807) is 12.3 Å². The molecular weight excluding hydrogens is 364 g/mol. The molecule has 0 amide bonds. The van der Waals surface area contributed by atoms with Gasteiger partial charge in [-0.3, -0.25) is 14.7 Å². The number of aromatic nitrogens is 3. The van der Waals surface area contributed by atoms with Crippen molar-refractivity contribution >= 4 is 0 Å². The molecule has 1 N–H and O–H groups in total. The van der Waals surface area contributed by atoms with Crippen molar-refractivity contribution < 1.29 is 4.74 Å². The number of nitrogens with zero attached hydrogens (tertiary/aromatic N) is 3. The van der Waals surface area contributed by atoms with Gasteiger partial charge >= 0.3 is 0 Å². The normalized spacial score (nSPS) is 17.0. The largest absolute Gasteiger partial charge is 0.491 e. The zero-order valence-electron chi connectivity index (χ0n) is 16.8. The molecule has 6 heteroatoms. The topological polar surface area (TPSA) is 71.1 Å². The Bertz CT molecular complexity index is 999. The van der Waals surface area contributed by atoms with Crippen molar-refractivity contribution in [1.82, 2.24) is 19.9 Å². The molecule has 1 aliphatic rings. The van der Waals surface area contributed by atoms with Crippen molar-refractivity contribution in [2.45, 2.75) is 38.8 Å². The second kappa shape index (κ2) is 8.57. The summed E-state index contributed by atoms with van der Waals surface area (Å²) in [5.41, 5.74) is 2.66. The van der Waals surface area contributed by atoms with Gasteiger partial charge in [0.2, 0.25) is 0 Å². The summed E-state index contributed by atoms with van der Waals surface area (Å²) >= 11 is 0. The molecule has 4 rings (SSSR count). The Morgan fingerprint density at radius 3 is 2.76 bits per heavy atom. The first-order valence-corrected chi connectivity index (χ1v) is 10.1. The van der Waals surface area contributed by atoms with Crippen molar-refractivity contribution in [2.75, 3.05) is 13.1 Å². The number of hydrogen-bond donors (Lipinski definition) is 1. The van der Waals surface area contributed by atoms with E-state index in [0.717, 1.165) is 37.5 Å². The molecule has 1 saturated heterocycles. The molecule has 150 valence electrons. The summed E-state index contributed by atoms with van der Waals surface area (Å²) in [6.45, 7) is 6.82. The van der Waals surface area contributed by atoms with Crippen molar-refractivity contribution in [2.24, 2.45) is 0 Å². The first-order chi connectivity index (χ1) is 14.1. The lowest BCUT2D eigenvalue weighted by Crippen LogP contribution is -2.20. The monoisotopic (exact) mass is 390 g/mol. The Morgan fingerprint density at radius 2 is 2.03 bits per heavy atom. The van der Waals surface area contributed by atoms with Crippen LogP contribution in [0, 0.1) is 0 Å². The molecule has 1 fully saturated rings. The van der Waals surface area contributed by atoms with E-state index in [1.807, 2.05) is 44.2 Å². The minimum absolute atomic E-state index is 0.130. The molecule has 29 heavy (non-hydrogen) atoms. The summed E-state index contributed by atoms with van der Waals surface area (Å²) in [7, 11) is 0. The highest BCUT2D eigenvalue weighted by Crippen LogP contribution is 2.27. The summed E-state index contributed by atoms with van der Waals surface area (Å²) in [6.07, 6.45) is 2.88. The second-order valence-corrected chi connectivity index (χ2v) is 7.77. The predicted octanol–water partition coefficient (Wildman–Crippen LogP) is 3.61. The van der Waals surface area contributed by atoms with Gasteiger partial charge in [-0.1, -0.05) is 18.2 Å². The van der Waals surface area contributed by atoms with E-state index in [4.69, 9.17) is 9.72 Å². The van der Waals surface area contributed by atoms with Crippen molar-refractivity contribution in [3.8, 4) is 17.3 Å². The Labute approximate surface area is 170 Å². The maximum atomic E-state index is 12.2. The summed E-state index contributed by atoms with van der Waals surface area (Å²) < 4.78 is 5.71. The zero-order chi connectivity index (χ0) is 20.2. The van der Waals surface area contributed by atoms with Crippen LogP contribution in [0.1, 0.15) is 37.4 Å². The number of benzene rings is 1. The van der Waals surface area contributed by atoms with Gasteiger partial charge in [-0.15, -0.1) is 0 Å². The number of nitrogens with one attached hydrogen (secondary N) is 1. The molecule has 3 heterocycles. The average molecular weight is 390 g/mol. The number of pyridine rings is 1. The lowest BCUT2D eigenvalue weighted by Gasteiger charge is -2.17. The summed E-state index contributed by atoms with van der Waals surface area (Å²) in [4.78, 5) is 26.4. The van der Waals surface area contributed by atoms with E-state index in [2.05, 4.69) is 27.0 Å². The Hall–Kier alpha value is -2.99. The van der Waals surface area contributed by atoms with Gasteiger partial charge in [0.25, 0.3) is 5.56 Å². The maximum Gasteiger partial charge on any atom is 0.251 e. The van der Waals surface area contributed by atoms with Gasteiger partial charge in [-0.2, -0.15) is 0 Å². The first-order valence-electron chi connectivity index (χ1n) is 10.1. The summed E-state index contributed by atoms with van der Waals surface area (Å²) in [6, 6.07) is 15.5. The van der Waals surface area contributed by atoms with E-state index >= 15 is 0 Å². The van der Waals surface area contributed by atoms with Crippen LogP contribution in [0.25, 0.3) is 11.5 Å². The Morgan fingerprint density at radius 1 is 1.21 bits per heavy atom. The van der Waals surface area contributed by atoms with Crippen LogP contribution in [0.4, 0.5) is 0 Å². The lowest BCUT2D eigenvalue weighted by molar-refractivity contribution is 0.242. The molecular formula is C23H26N4O2. The Kier molecular flexibility index (Phi) is 5.71. The van der Waals surface area contributed by atoms with Crippen molar-refractivity contribution in [1.29, 1.82) is 0 Å². The SMILES string of the molecule is CC(C)Oc1ccc(CN2CC[C@@H](c3cc(=O)[nH]c(-c4ccccn4)n3)C2)cc1. The van der Waals surface area contributed by atoms with E-state index in [1.165, 1.54) is 5.56 Å². The quantitative estimate of drug-likeness (QED) is 0.696. The number of likely N-dealkylation sites (tertiary alicyclic amines) is 1. The van der Waals surface area contributed by atoms with Crippen LogP contribution in [0.15, 0.2) is 59.5 Å². The van der Waals surface area contributed by atoms with Crippen LogP contribution in [0.2, 0.25) is 0 Å². The lowest BCUT2D eigenvalue weighted by atomic mass is 10.0. The zero-order valence-corrected chi connectivity index (χ0v) is 16.8.